The van der Waals surface area contributed by atoms with Crippen molar-refractivity contribution in [2.45, 2.75) is 32.9 Å². The Morgan fingerprint density at radius 2 is 1.79 bits per heavy atom. The molecule has 2 heterocycles. The smallest absolute Gasteiger partial charge is 0.306 e. The first kappa shape index (κ1) is 19.5. The molecule has 6 nitrogen and oxygen atoms in total. The maximum Gasteiger partial charge on any atom is 0.435 e. The van der Waals surface area contributed by atoms with Gasteiger partial charge < -0.3 is 5.32 Å². The number of aryl methyl sites for hydroxylation is 1. The second kappa shape index (κ2) is 7.41. The lowest BCUT2D eigenvalue weighted by atomic mass is 10.2. The number of halogens is 3. The number of amides is 1. The summed E-state index contributed by atoms with van der Waals surface area (Å²) < 4.78 is 39.1. The third kappa shape index (κ3) is 4.36. The van der Waals surface area contributed by atoms with Crippen LogP contribution in [-0.4, -0.2) is 25.7 Å². The summed E-state index contributed by atoms with van der Waals surface area (Å²) in [5, 5.41) is 6.22. The molecule has 0 unspecified atom stereocenters. The van der Waals surface area contributed by atoms with Crippen LogP contribution >= 0.6 is 0 Å². The van der Waals surface area contributed by atoms with E-state index in [1.54, 1.807) is 6.07 Å². The number of nitrogens with zero attached hydrogens (tertiary/aromatic N) is 4. The fourth-order valence-corrected chi connectivity index (χ4v) is 2.49. The van der Waals surface area contributed by atoms with Crippen LogP contribution < -0.4 is 5.32 Å². The van der Waals surface area contributed by atoms with E-state index in [-0.39, 0.29) is 11.8 Å². The molecular weight excluding hydrogens is 371 g/mol. The molecule has 3 aromatic rings. The second-order valence-electron chi connectivity index (χ2n) is 6.55. The SMILES string of the molecule is Cc1cc(NC(=O)c2ccc(-n3ccc(C(F)(F)F)n3)cc2)nc(C(C)C)n1. The van der Waals surface area contributed by atoms with E-state index in [1.807, 2.05) is 20.8 Å². The topological polar surface area (TPSA) is 72.7 Å². The molecular formula is C19H18F3N5O. The molecule has 1 N–H and O–H groups in total. The lowest BCUT2D eigenvalue weighted by Crippen LogP contribution is -2.14. The summed E-state index contributed by atoms with van der Waals surface area (Å²) in [7, 11) is 0. The monoisotopic (exact) mass is 389 g/mol. The zero-order valence-electron chi connectivity index (χ0n) is 15.4. The van der Waals surface area contributed by atoms with E-state index in [9.17, 15) is 18.0 Å². The number of rotatable bonds is 4. The molecule has 0 radical (unpaired) electrons. The van der Waals surface area contributed by atoms with Crippen LogP contribution in [0.3, 0.4) is 0 Å². The molecule has 28 heavy (non-hydrogen) atoms. The summed E-state index contributed by atoms with van der Waals surface area (Å²) >= 11 is 0. The Morgan fingerprint density at radius 1 is 1.11 bits per heavy atom. The molecule has 0 saturated heterocycles. The highest BCUT2D eigenvalue weighted by molar-refractivity contribution is 6.03. The Bertz CT molecular complexity index is 994. The van der Waals surface area contributed by atoms with Crippen LogP contribution in [0.5, 0.6) is 0 Å². The van der Waals surface area contributed by atoms with Gasteiger partial charge in [0.1, 0.15) is 11.6 Å². The average molecular weight is 389 g/mol. The molecule has 146 valence electrons. The fraction of sp³-hybridized carbons (Fsp3) is 0.263. The molecule has 0 atom stereocenters. The summed E-state index contributed by atoms with van der Waals surface area (Å²) in [4.78, 5) is 21.1. The third-order valence-corrected chi connectivity index (χ3v) is 3.90. The van der Waals surface area contributed by atoms with Gasteiger partial charge >= 0.3 is 6.18 Å². The van der Waals surface area contributed by atoms with Gasteiger partial charge in [-0.2, -0.15) is 18.3 Å². The van der Waals surface area contributed by atoms with Gasteiger partial charge in [0.2, 0.25) is 0 Å². The highest BCUT2D eigenvalue weighted by Gasteiger charge is 2.33. The van der Waals surface area contributed by atoms with Crippen molar-refractivity contribution in [2.24, 2.45) is 0 Å². The summed E-state index contributed by atoms with van der Waals surface area (Å²) in [5.74, 6) is 0.762. The number of aromatic nitrogens is 4. The Balaban J connectivity index is 1.76. The van der Waals surface area contributed by atoms with Gasteiger partial charge in [0.15, 0.2) is 5.69 Å². The van der Waals surface area contributed by atoms with E-state index in [2.05, 4.69) is 20.4 Å². The van der Waals surface area contributed by atoms with Gasteiger partial charge in [-0.25, -0.2) is 14.6 Å². The maximum atomic E-state index is 12.7. The standard InChI is InChI=1S/C19H18F3N5O/c1-11(2)17-23-12(3)10-16(24-17)25-18(28)13-4-6-14(7-5-13)27-9-8-15(26-27)19(20,21)22/h4-11H,1-3H3,(H,23,24,25,28). The molecule has 3 rings (SSSR count). The molecule has 0 aliphatic rings. The van der Waals surface area contributed by atoms with Gasteiger partial charge in [0, 0.05) is 29.4 Å². The number of alkyl halides is 3. The van der Waals surface area contributed by atoms with Crippen molar-refractivity contribution < 1.29 is 18.0 Å². The highest BCUT2D eigenvalue weighted by atomic mass is 19.4. The predicted molar refractivity (Wildman–Crippen MR) is 97.4 cm³/mol. The first-order valence-electron chi connectivity index (χ1n) is 8.54. The molecule has 9 heteroatoms. The number of hydrogen-bond donors (Lipinski definition) is 1. The summed E-state index contributed by atoms with van der Waals surface area (Å²) in [5.41, 5.74) is 0.513. The quantitative estimate of drug-likeness (QED) is 0.719. The fourth-order valence-electron chi connectivity index (χ4n) is 2.49. The molecule has 0 saturated carbocycles. The van der Waals surface area contributed by atoms with Crippen LogP contribution in [0.25, 0.3) is 5.69 Å². The van der Waals surface area contributed by atoms with Gasteiger partial charge in [-0.1, -0.05) is 13.8 Å². The van der Waals surface area contributed by atoms with Crippen LogP contribution in [0.1, 0.15) is 47.3 Å². The van der Waals surface area contributed by atoms with E-state index in [4.69, 9.17) is 0 Å². The predicted octanol–water partition coefficient (Wildman–Crippen LogP) is 4.37. The molecule has 1 amide bonds. The molecule has 0 aliphatic carbocycles. The van der Waals surface area contributed by atoms with E-state index in [1.165, 1.54) is 30.5 Å². The number of carbonyl (C=O) groups excluding carboxylic acids is 1. The molecule has 0 bridgehead atoms. The maximum absolute atomic E-state index is 12.7. The molecule has 0 fully saturated rings. The Hall–Kier alpha value is -3.23. The Kier molecular flexibility index (Phi) is 5.17. The summed E-state index contributed by atoms with van der Waals surface area (Å²) in [6.07, 6.45) is -3.29. The van der Waals surface area contributed by atoms with Crippen molar-refractivity contribution in [3.05, 3.63) is 65.4 Å². The zero-order valence-corrected chi connectivity index (χ0v) is 15.4. The lowest BCUT2D eigenvalue weighted by molar-refractivity contribution is -0.141. The third-order valence-electron chi connectivity index (χ3n) is 3.90. The van der Waals surface area contributed by atoms with Gasteiger partial charge in [-0.3, -0.25) is 4.79 Å². The van der Waals surface area contributed by atoms with E-state index < -0.39 is 11.9 Å². The van der Waals surface area contributed by atoms with Crippen LogP contribution in [0.4, 0.5) is 19.0 Å². The number of benzene rings is 1. The minimum absolute atomic E-state index is 0.116. The summed E-state index contributed by atoms with van der Waals surface area (Å²) in [6.45, 7) is 5.73. The van der Waals surface area contributed by atoms with E-state index in [0.29, 0.717) is 22.9 Å². The molecule has 1 aromatic carbocycles. The number of anilines is 1. The van der Waals surface area contributed by atoms with Crippen LogP contribution in [-0.2, 0) is 6.18 Å². The second-order valence-corrected chi connectivity index (χ2v) is 6.55. The number of hydrogen-bond acceptors (Lipinski definition) is 4. The van der Waals surface area contributed by atoms with E-state index in [0.717, 1.165) is 16.4 Å². The van der Waals surface area contributed by atoms with Crippen LogP contribution in [0.2, 0.25) is 0 Å². The number of nitrogens with one attached hydrogen (secondary N) is 1. The summed E-state index contributed by atoms with van der Waals surface area (Å²) in [6, 6.07) is 8.62. The van der Waals surface area contributed by atoms with Gasteiger partial charge in [-0.05, 0) is 37.3 Å². The largest absolute Gasteiger partial charge is 0.435 e. The van der Waals surface area contributed by atoms with Crippen molar-refractivity contribution in [1.29, 1.82) is 0 Å². The zero-order chi connectivity index (χ0) is 20.5. The first-order valence-corrected chi connectivity index (χ1v) is 8.54. The number of carbonyl (C=O) groups is 1. The Labute approximate surface area is 159 Å². The first-order chi connectivity index (χ1) is 13.1. The van der Waals surface area contributed by atoms with Gasteiger partial charge in [-0.15, -0.1) is 0 Å². The van der Waals surface area contributed by atoms with Crippen LogP contribution in [0, 0.1) is 6.92 Å². The van der Waals surface area contributed by atoms with Crippen molar-refractivity contribution in [1.82, 2.24) is 19.7 Å². The Morgan fingerprint density at radius 3 is 2.36 bits per heavy atom. The molecule has 0 spiro atoms. The van der Waals surface area contributed by atoms with E-state index >= 15 is 0 Å². The lowest BCUT2D eigenvalue weighted by Gasteiger charge is -2.10. The van der Waals surface area contributed by atoms with Gasteiger partial charge in [0.25, 0.3) is 5.91 Å². The minimum atomic E-state index is -4.50. The minimum Gasteiger partial charge on any atom is -0.306 e. The van der Waals surface area contributed by atoms with Crippen molar-refractivity contribution >= 4 is 11.7 Å². The highest BCUT2D eigenvalue weighted by Crippen LogP contribution is 2.28. The van der Waals surface area contributed by atoms with Gasteiger partial charge in [0.05, 0.1) is 5.69 Å². The van der Waals surface area contributed by atoms with Crippen molar-refractivity contribution in [3.63, 3.8) is 0 Å². The van der Waals surface area contributed by atoms with Crippen molar-refractivity contribution in [2.75, 3.05) is 5.32 Å². The normalized spacial score (nSPS) is 11.7. The van der Waals surface area contributed by atoms with Crippen molar-refractivity contribution in [3.8, 4) is 5.69 Å². The molecule has 2 aromatic heterocycles. The average Bonchev–Trinajstić information content (AvgIpc) is 3.12. The molecule has 0 aliphatic heterocycles. The van der Waals surface area contributed by atoms with Crippen LogP contribution in [0.15, 0.2) is 42.6 Å².